The number of carbonyl (C=O) groups excluding carboxylic acids is 1. The van der Waals surface area contributed by atoms with Crippen LogP contribution in [0.2, 0.25) is 0 Å². The molecule has 0 radical (unpaired) electrons. The molecule has 0 spiro atoms. The molecule has 0 aliphatic rings. The summed E-state index contributed by atoms with van der Waals surface area (Å²) in [5, 5.41) is 24.7. The van der Waals surface area contributed by atoms with Crippen LogP contribution >= 0.6 is 0 Å². The summed E-state index contributed by atoms with van der Waals surface area (Å²) >= 11 is 0. The van der Waals surface area contributed by atoms with Crippen molar-refractivity contribution in [2.24, 2.45) is 0 Å². The molecule has 0 aliphatic heterocycles. The number of phenols is 1. The Balaban J connectivity index is 2.95. The Labute approximate surface area is 91.2 Å². The van der Waals surface area contributed by atoms with Crippen LogP contribution in [0.5, 0.6) is 5.75 Å². The summed E-state index contributed by atoms with van der Waals surface area (Å²) in [5.74, 6) is -0.616. The van der Waals surface area contributed by atoms with Gasteiger partial charge in [-0.2, -0.15) is 0 Å². The normalized spacial score (nSPS) is 9.81. The average Bonchev–Trinajstić information content (AvgIpc) is 2.20. The van der Waals surface area contributed by atoms with Gasteiger partial charge >= 0.3 is 0 Å². The van der Waals surface area contributed by atoms with Crippen molar-refractivity contribution in [3.63, 3.8) is 0 Å². The maximum Gasteiger partial charge on any atom is 0.296 e. The number of nitrogens with one attached hydrogen (secondary N) is 2. The van der Waals surface area contributed by atoms with E-state index in [1.807, 2.05) is 0 Å². The summed E-state index contributed by atoms with van der Waals surface area (Å²) in [7, 11) is 1.59. The van der Waals surface area contributed by atoms with Crippen LogP contribution < -0.4 is 10.6 Å². The summed E-state index contributed by atoms with van der Waals surface area (Å²) in [5.41, 5.74) is -0.285. The molecule has 7 nitrogen and oxygen atoms in total. The fraction of sp³-hybridized carbons (Fsp3) is 0.222. The third kappa shape index (κ3) is 2.92. The molecule has 0 aromatic heterocycles. The van der Waals surface area contributed by atoms with E-state index in [-0.39, 0.29) is 23.7 Å². The Kier molecular flexibility index (Phi) is 3.78. The molecule has 1 amide bonds. The molecule has 1 aromatic rings. The first-order chi connectivity index (χ1) is 7.54. The zero-order valence-electron chi connectivity index (χ0n) is 8.56. The van der Waals surface area contributed by atoms with E-state index in [1.54, 1.807) is 7.05 Å². The van der Waals surface area contributed by atoms with Gasteiger partial charge in [-0.15, -0.1) is 0 Å². The zero-order valence-corrected chi connectivity index (χ0v) is 8.56. The number of likely N-dealkylation sites (N-methyl/N-ethyl adjacent to an activating group) is 1. The molecular weight excluding hydrogens is 214 g/mol. The van der Waals surface area contributed by atoms with Crippen molar-refractivity contribution in [3.05, 3.63) is 28.3 Å². The Bertz CT molecular complexity index is 419. The first kappa shape index (κ1) is 11.9. The molecule has 0 aliphatic carbocycles. The minimum atomic E-state index is -0.672. The topological polar surface area (TPSA) is 104 Å². The minimum Gasteiger partial charge on any atom is -0.508 e. The van der Waals surface area contributed by atoms with Crippen molar-refractivity contribution in [3.8, 4) is 5.75 Å². The van der Waals surface area contributed by atoms with Crippen LogP contribution in [0.15, 0.2) is 18.2 Å². The predicted molar refractivity (Wildman–Crippen MR) is 57.3 cm³/mol. The lowest BCUT2D eigenvalue weighted by atomic mass is 10.2. The van der Waals surface area contributed by atoms with Gasteiger partial charge in [-0.25, -0.2) is 0 Å². The Morgan fingerprint density at radius 3 is 2.81 bits per heavy atom. The fourth-order valence-electron chi connectivity index (χ4n) is 1.13. The first-order valence-corrected chi connectivity index (χ1v) is 4.46. The standard InChI is InChI=1S/C9H11N3O4/c1-10-5-9(14)11-7-3-2-6(13)4-8(7)12(15)16/h2-4,10,13H,5H2,1H3,(H,11,14). The number of aromatic hydroxyl groups is 1. The Morgan fingerprint density at radius 1 is 1.56 bits per heavy atom. The lowest BCUT2D eigenvalue weighted by molar-refractivity contribution is -0.384. The molecule has 0 saturated carbocycles. The highest BCUT2D eigenvalue weighted by atomic mass is 16.6. The number of hydrogen-bond donors (Lipinski definition) is 3. The number of amides is 1. The molecule has 1 aromatic carbocycles. The molecule has 0 fully saturated rings. The van der Waals surface area contributed by atoms with E-state index in [2.05, 4.69) is 10.6 Å². The largest absolute Gasteiger partial charge is 0.508 e. The summed E-state index contributed by atoms with van der Waals surface area (Å²) in [6, 6.07) is 3.53. The first-order valence-electron chi connectivity index (χ1n) is 4.46. The van der Waals surface area contributed by atoms with Crippen molar-refractivity contribution in [2.45, 2.75) is 0 Å². The quantitative estimate of drug-likeness (QED) is 0.392. The lowest BCUT2D eigenvalue weighted by Crippen LogP contribution is -2.25. The number of hydrogen-bond acceptors (Lipinski definition) is 5. The van der Waals surface area contributed by atoms with Gasteiger partial charge in [0.2, 0.25) is 5.91 Å². The second kappa shape index (κ2) is 5.08. The second-order valence-corrected chi connectivity index (χ2v) is 3.04. The zero-order chi connectivity index (χ0) is 12.1. The van der Waals surface area contributed by atoms with Crippen LogP contribution in [0.1, 0.15) is 0 Å². The van der Waals surface area contributed by atoms with Crippen LogP contribution in [0, 0.1) is 10.1 Å². The molecule has 1 rings (SSSR count). The van der Waals surface area contributed by atoms with Crippen molar-refractivity contribution in [1.82, 2.24) is 5.32 Å². The number of nitro groups is 1. The molecule has 0 unspecified atom stereocenters. The summed E-state index contributed by atoms with van der Waals surface area (Å²) in [4.78, 5) is 21.2. The number of benzene rings is 1. The molecule has 0 bridgehead atoms. The van der Waals surface area contributed by atoms with E-state index in [4.69, 9.17) is 5.11 Å². The van der Waals surface area contributed by atoms with Gasteiger partial charge in [0.15, 0.2) is 0 Å². The highest BCUT2D eigenvalue weighted by Crippen LogP contribution is 2.28. The molecule has 86 valence electrons. The molecule has 3 N–H and O–H groups in total. The van der Waals surface area contributed by atoms with Crippen LogP contribution in [0.4, 0.5) is 11.4 Å². The number of nitrogens with zero attached hydrogens (tertiary/aromatic N) is 1. The van der Waals surface area contributed by atoms with Crippen LogP contribution in [0.25, 0.3) is 0 Å². The van der Waals surface area contributed by atoms with Gasteiger partial charge < -0.3 is 15.7 Å². The summed E-state index contributed by atoms with van der Waals surface area (Å²) < 4.78 is 0. The number of nitro benzene ring substituents is 1. The van der Waals surface area contributed by atoms with Crippen molar-refractivity contribution < 1.29 is 14.8 Å². The van der Waals surface area contributed by atoms with Gasteiger partial charge in [-0.05, 0) is 19.2 Å². The minimum absolute atomic E-state index is 0.0536. The Morgan fingerprint density at radius 2 is 2.25 bits per heavy atom. The van der Waals surface area contributed by atoms with E-state index >= 15 is 0 Å². The molecule has 7 heteroatoms. The molecular formula is C9H11N3O4. The number of anilines is 1. The van der Waals surface area contributed by atoms with Crippen molar-refractivity contribution >= 4 is 17.3 Å². The predicted octanol–water partition coefficient (Wildman–Crippen LogP) is 0.458. The van der Waals surface area contributed by atoms with Gasteiger partial charge in [-0.1, -0.05) is 0 Å². The van der Waals surface area contributed by atoms with Crippen LogP contribution in [-0.4, -0.2) is 29.5 Å². The number of phenolic OH excluding ortho intramolecular Hbond substituents is 1. The van der Waals surface area contributed by atoms with Gasteiger partial charge in [0.1, 0.15) is 11.4 Å². The number of rotatable bonds is 4. The third-order valence-corrected chi connectivity index (χ3v) is 1.79. The monoisotopic (exact) mass is 225 g/mol. The summed E-state index contributed by atoms with van der Waals surface area (Å²) in [6.45, 7) is 0.0536. The SMILES string of the molecule is CNCC(=O)Nc1ccc(O)cc1[N+](=O)[O-]. The van der Waals surface area contributed by atoms with Gasteiger partial charge in [0, 0.05) is 0 Å². The van der Waals surface area contributed by atoms with E-state index in [0.717, 1.165) is 6.07 Å². The highest BCUT2D eigenvalue weighted by molar-refractivity contribution is 5.94. The van der Waals surface area contributed by atoms with Gasteiger partial charge in [0.05, 0.1) is 17.5 Å². The molecule has 0 atom stereocenters. The highest BCUT2D eigenvalue weighted by Gasteiger charge is 2.16. The third-order valence-electron chi connectivity index (χ3n) is 1.79. The summed E-state index contributed by atoms with van der Waals surface area (Å²) in [6.07, 6.45) is 0. The number of carbonyl (C=O) groups is 1. The molecule has 0 heterocycles. The van der Waals surface area contributed by atoms with Crippen LogP contribution in [-0.2, 0) is 4.79 Å². The maximum atomic E-state index is 11.2. The Hall–Kier alpha value is -2.15. The fourth-order valence-corrected chi connectivity index (χ4v) is 1.13. The second-order valence-electron chi connectivity index (χ2n) is 3.04. The average molecular weight is 225 g/mol. The van der Waals surface area contributed by atoms with Crippen molar-refractivity contribution in [1.29, 1.82) is 0 Å². The van der Waals surface area contributed by atoms with Gasteiger partial charge in [0.25, 0.3) is 5.69 Å². The smallest absolute Gasteiger partial charge is 0.296 e. The van der Waals surface area contributed by atoms with E-state index in [1.165, 1.54) is 12.1 Å². The van der Waals surface area contributed by atoms with Crippen molar-refractivity contribution in [2.75, 3.05) is 18.9 Å². The molecule has 0 saturated heterocycles. The van der Waals surface area contributed by atoms with Crippen LogP contribution in [0.3, 0.4) is 0 Å². The van der Waals surface area contributed by atoms with E-state index in [0.29, 0.717) is 0 Å². The lowest BCUT2D eigenvalue weighted by Gasteiger charge is -2.05. The van der Waals surface area contributed by atoms with Gasteiger partial charge in [-0.3, -0.25) is 14.9 Å². The molecule has 16 heavy (non-hydrogen) atoms. The van der Waals surface area contributed by atoms with E-state index < -0.39 is 10.8 Å². The van der Waals surface area contributed by atoms with E-state index in [9.17, 15) is 14.9 Å². The maximum absolute atomic E-state index is 11.2.